The summed E-state index contributed by atoms with van der Waals surface area (Å²) in [7, 11) is 0. The SMILES string of the molecule is CCOC1CCCC(NC(C)=O)C1. The summed E-state index contributed by atoms with van der Waals surface area (Å²) >= 11 is 0. The van der Waals surface area contributed by atoms with Gasteiger partial charge in [0.2, 0.25) is 5.91 Å². The zero-order valence-corrected chi connectivity index (χ0v) is 8.51. The van der Waals surface area contributed by atoms with Crippen molar-refractivity contribution < 1.29 is 9.53 Å². The van der Waals surface area contributed by atoms with Gasteiger partial charge < -0.3 is 10.1 Å². The van der Waals surface area contributed by atoms with Crippen molar-refractivity contribution in [2.24, 2.45) is 0 Å². The lowest BCUT2D eigenvalue weighted by Crippen LogP contribution is -2.39. The normalized spacial score (nSPS) is 28.5. The maximum Gasteiger partial charge on any atom is 0.217 e. The Morgan fingerprint density at radius 2 is 2.31 bits per heavy atom. The fraction of sp³-hybridized carbons (Fsp3) is 0.900. The first-order valence-corrected chi connectivity index (χ1v) is 5.11. The van der Waals surface area contributed by atoms with Gasteiger partial charge in [0.15, 0.2) is 0 Å². The van der Waals surface area contributed by atoms with E-state index in [-0.39, 0.29) is 5.91 Å². The predicted octanol–water partition coefficient (Wildman–Crippen LogP) is 1.47. The average molecular weight is 185 g/mol. The Bertz CT molecular complexity index is 168. The van der Waals surface area contributed by atoms with Gasteiger partial charge in [0.1, 0.15) is 0 Å². The monoisotopic (exact) mass is 185 g/mol. The van der Waals surface area contributed by atoms with E-state index >= 15 is 0 Å². The summed E-state index contributed by atoms with van der Waals surface area (Å²) < 4.78 is 5.54. The number of carbonyl (C=O) groups excluding carboxylic acids is 1. The average Bonchev–Trinajstić information content (AvgIpc) is 2.04. The molecule has 1 aliphatic rings. The van der Waals surface area contributed by atoms with Crippen molar-refractivity contribution in [3.05, 3.63) is 0 Å². The van der Waals surface area contributed by atoms with Crippen molar-refractivity contribution in [3.8, 4) is 0 Å². The fourth-order valence-corrected chi connectivity index (χ4v) is 1.95. The molecule has 0 aromatic heterocycles. The van der Waals surface area contributed by atoms with Gasteiger partial charge in [-0.1, -0.05) is 0 Å². The lowest BCUT2D eigenvalue weighted by Gasteiger charge is -2.29. The lowest BCUT2D eigenvalue weighted by molar-refractivity contribution is -0.120. The van der Waals surface area contributed by atoms with Crippen molar-refractivity contribution in [2.45, 2.75) is 51.7 Å². The maximum atomic E-state index is 10.8. The van der Waals surface area contributed by atoms with Crippen LogP contribution in [0.5, 0.6) is 0 Å². The standard InChI is InChI=1S/C10H19NO2/c1-3-13-10-6-4-5-9(7-10)11-8(2)12/h9-10H,3-7H2,1-2H3,(H,11,12). The molecule has 1 rings (SSSR count). The van der Waals surface area contributed by atoms with Gasteiger partial charge in [-0.3, -0.25) is 4.79 Å². The Morgan fingerprint density at radius 3 is 2.92 bits per heavy atom. The molecular formula is C10H19NO2. The van der Waals surface area contributed by atoms with Crippen molar-refractivity contribution in [1.29, 1.82) is 0 Å². The maximum absolute atomic E-state index is 10.8. The molecule has 1 fully saturated rings. The van der Waals surface area contributed by atoms with Crippen molar-refractivity contribution in [1.82, 2.24) is 5.32 Å². The van der Waals surface area contributed by atoms with E-state index in [1.807, 2.05) is 6.92 Å². The van der Waals surface area contributed by atoms with E-state index in [4.69, 9.17) is 4.74 Å². The molecule has 1 N–H and O–H groups in total. The second-order valence-corrected chi connectivity index (χ2v) is 3.64. The summed E-state index contributed by atoms with van der Waals surface area (Å²) in [6.07, 6.45) is 4.74. The number of amides is 1. The fourth-order valence-electron chi connectivity index (χ4n) is 1.95. The molecule has 0 saturated heterocycles. The van der Waals surface area contributed by atoms with E-state index in [9.17, 15) is 4.79 Å². The molecule has 0 aromatic carbocycles. The minimum absolute atomic E-state index is 0.0714. The Hall–Kier alpha value is -0.570. The number of carbonyl (C=O) groups is 1. The molecule has 0 spiro atoms. The third-order valence-corrected chi connectivity index (χ3v) is 2.44. The minimum atomic E-state index is 0.0714. The molecule has 0 bridgehead atoms. The molecule has 0 radical (unpaired) electrons. The van der Waals surface area contributed by atoms with Gasteiger partial charge in [0, 0.05) is 19.6 Å². The van der Waals surface area contributed by atoms with Gasteiger partial charge in [-0.15, -0.1) is 0 Å². The van der Waals surface area contributed by atoms with Gasteiger partial charge in [-0.05, 0) is 32.6 Å². The molecule has 1 aliphatic carbocycles. The lowest BCUT2D eigenvalue weighted by atomic mass is 9.93. The van der Waals surface area contributed by atoms with Crippen LogP contribution in [0.3, 0.4) is 0 Å². The summed E-state index contributed by atoms with van der Waals surface area (Å²) in [5.74, 6) is 0.0714. The largest absolute Gasteiger partial charge is 0.378 e. The highest BCUT2D eigenvalue weighted by molar-refractivity contribution is 5.73. The zero-order chi connectivity index (χ0) is 9.68. The third kappa shape index (κ3) is 3.77. The van der Waals surface area contributed by atoms with Crippen LogP contribution < -0.4 is 5.32 Å². The van der Waals surface area contributed by atoms with E-state index < -0.39 is 0 Å². The molecule has 0 aliphatic heterocycles. The Labute approximate surface area is 79.8 Å². The molecule has 3 heteroatoms. The highest BCUT2D eigenvalue weighted by atomic mass is 16.5. The zero-order valence-electron chi connectivity index (χ0n) is 8.51. The molecule has 1 saturated carbocycles. The van der Waals surface area contributed by atoms with Crippen molar-refractivity contribution in [3.63, 3.8) is 0 Å². The second-order valence-electron chi connectivity index (χ2n) is 3.64. The molecule has 2 unspecified atom stereocenters. The molecule has 2 atom stereocenters. The minimum Gasteiger partial charge on any atom is -0.378 e. The molecule has 0 aromatic rings. The first-order chi connectivity index (χ1) is 6.22. The molecule has 13 heavy (non-hydrogen) atoms. The first-order valence-electron chi connectivity index (χ1n) is 5.11. The molecule has 76 valence electrons. The Morgan fingerprint density at radius 1 is 1.54 bits per heavy atom. The van der Waals surface area contributed by atoms with Crippen LogP contribution in [0, 0.1) is 0 Å². The van der Waals surface area contributed by atoms with Gasteiger partial charge >= 0.3 is 0 Å². The second kappa shape index (κ2) is 5.22. The van der Waals surface area contributed by atoms with Crippen molar-refractivity contribution >= 4 is 5.91 Å². The van der Waals surface area contributed by atoms with Crippen LogP contribution in [0.15, 0.2) is 0 Å². The van der Waals surface area contributed by atoms with Crippen LogP contribution in [0.1, 0.15) is 39.5 Å². The highest BCUT2D eigenvalue weighted by Gasteiger charge is 2.22. The quantitative estimate of drug-likeness (QED) is 0.723. The number of ether oxygens (including phenoxy) is 1. The summed E-state index contributed by atoms with van der Waals surface area (Å²) in [5, 5.41) is 2.95. The number of rotatable bonds is 3. The van der Waals surface area contributed by atoms with E-state index in [1.165, 1.54) is 0 Å². The number of hydrogen-bond donors (Lipinski definition) is 1. The molecule has 1 amide bonds. The third-order valence-electron chi connectivity index (χ3n) is 2.44. The van der Waals surface area contributed by atoms with E-state index in [2.05, 4.69) is 5.32 Å². The van der Waals surface area contributed by atoms with Gasteiger partial charge in [-0.25, -0.2) is 0 Å². The molecule has 3 nitrogen and oxygen atoms in total. The topological polar surface area (TPSA) is 38.3 Å². The van der Waals surface area contributed by atoms with Gasteiger partial charge in [-0.2, -0.15) is 0 Å². The summed E-state index contributed by atoms with van der Waals surface area (Å²) in [4.78, 5) is 10.8. The van der Waals surface area contributed by atoms with E-state index in [1.54, 1.807) is 6.92 Å². The van der Waals surface area contributed by atoms with E-state index in [0.717, 1.165) is 32.3 Å². The molecule has 0 heterocycles. The summed E-state index contributed by atoms with van der Waals surface area (Å²) in [6, 6.07) is 0.336. The van der Waals surface area contributed by atoms with Gasteiger partial charge in [0.05, 0.1) is 6.10 Å². The Balaban J connectivity index is 2.28. The van der Waals surface area contributed by atoms with Crippen LogP contribution in [0.4, 0.5) is 0 Å². The van der Waals surface area contributed by atoms with Crippen LogP contribution in [0.25, 0.3) is 0 Å². The van der Waals surface area contributed by atoms with E-state index in [0.29, 0.717) is 12.1 Å². The van der Waals surface area contributed by atoms with Crippen LogP contribution in [0.2, 0.25) is 0 Å². The number of nitrogens with one attached hydrogen (secondary N) is 1. The van der Waals surface area contributed by atoms with Crippen LogP contribution in [-0.4, -0.2) is 24.7 Å². The van der Waals surface area contributed by atoms with Gasteiger partial charge in [0.25, 0.3) is 0 Å². The number of hydrogen-bond acceptors (Lipinski definition) is 2. The predicted molar refractivity (Wildman–Crippen MR) is 51.5 cm³/mol. The van der Waals surface area contributed by atoms with Crippen molar-refractivity contribution in [2.75, 3.05) is 6.61 Å². The molecular weight excluding hydrogens is 166 g/mol. The highest BCUT2D eigenvalue weighted by Crippen LogP contribution is 2.20. The van der Waals surface area contributed by atoms with Crippen LogP contribution in [-0.2, 0) is 9.53 Å². The Kier molecular flexibility index (Phi) is 4.22. The summed E-state index contributed by atoms with van der Waals surface area (Å²) in [6.45, 7) is 4.36. The smallest absolute Gasteiger partial charge is 0.217 e. The first kappa shape index (κ1) is 10.5. The van der Waals surface area contributed by atoms with Crippen LogP contribution >= 0.6 is 0 Å². The summed E-state index contributed by atoms with van der Waals surface area (Å²) in [5.41, 5.74) is 0.